The molecule has 0 bridgehead atoms. The number of aromatic nitrogens is 3. The maximum atomic E-state index is 5.35. The third-order valence-corrected chi connectivity index (χ3v) is 1.96. The van der Waals surface area contributed by atoms with Crippen LogP contribution in [0, 0.1) is 0 Å². The van der Waals surface area contributed by atoms with Crippen LogP contribution in [0.5, 0.6) is 5.75 Å². The van der Waals surface area contributed by atoms with Crippen molar-refractivity contribution in [3.05, 3.63) is 35.9 Å². The first kappa shape index (κ1) is 8.12. The smallest absolute Gasteiger partial charge is 0.166 e. The summed E-state index contributed by atoms with van der Waals surface area (Å²) in [5.41, 5.74) is 0. The Kier molecular flexibility index (Phi) is 2.47. The number of hydrogen-bond donors (Lipinski definition) is 0. The second kappa shape index (κ2) is 3.95. The third kappa shape index (κ3) is 2.22. The van der Waals surface area contributed by atoms with Crippen molar-refractivity contribution in [2.24, 2.45) is 0 Å². The molecule has 0 radical (unpaired) electrons. The fourth-order valence-electron chi connectivity index (χ4n) is 0.819. The molecule has 0 aliphatic heterocycles. The largest absolute Gasteiger partial charge is 0.483 e. The molecule has 0 atom stereocenters. The zero-order valence-electron chi connectivity index (χ0n) is 6.75. The van der Waals surface area contributed by atoms with Crippen LogP contribution in [0.3, 0.4) is 0 Å². The van der Waals surface area contributed by atoms with Gasteiger partial charge in [-0.15, -0.1) is 0 Å². The standard InChI is InChI=1S/C8H7N3OS/c1-2-9-8(10-3-1)5-12-7-4-11-13-6-7/h1-4,6H,5H2. The van der Waals surface area contributed by atoms with Gasteiger partial charge in [-0.3, -0.25) is 0 Å². The summed E-state index contributed by atoms with van der Waals surface area (Å²) in [6.45, 7) is 0.388. The van der Waals surface area contributed by atoms with Crippen molar-refractivity contribution in [3.8, 4) is 5.75 Å². The minimum Gasteiger partial charge on any atom is -0.483 e. The SMILES string of the molecule is c1cnc(COc2cnsc2)nc1. The van der Waals surface area contributed by atoms with Crippen LogP contribution < -0.4 is 4.74 Å². The Labute approximate surface area is 79.4 Å². The quantitative estimate of drug-likeness (QED) is 0.741. The van der Waals surface area contributed by atoms with E-state index in [1.54, 1.807) is 24.7 Å². The number of hydrogen-bond acceptors (Lipinski definition) is 5. The molecule has 0 aliphatic carbocycles. The van der Waals surface area contributed by atoms with Crippen molar-refractivity contribution in [2.75, 3.05) is 0 Å². The predicted molar refractivity (Wildman–Crippen MR) is 48.5 cm³/mol. The lowest BCUT2D eigenvalue weighted by Gasteiger charge is -2.00. The second-order valence-electron chi connectivity index (χ2n) is 2.31. The Balaban J connectivity index is 1.94. The summed E-state index contributed by atoms with van der Waals surface area (Å²) in [6.07, 6.45) is 5.06. The molecule has 0 N–H and O–H groups in total. The van der Waals surface area contributed by atoms with Gasteiger partial charge >= 0.3 is 0 Å². The minimum absolute atomic E-state index is 0.388. The van der Waals surface area contributed by atoms with E-state index in [0.717, 1.165) is 5.75 Å². The molecule has 0 saturated carbocycles. The summed E-state index contributed by atoms with van der Waals surface area (Å²) in [5, 5.41) is 1.84. The van der Waals surface area contributed by atoms with Gasteiger partial charge in [0.05, 0.1) is 11.6 Å². The fourth-order valence-corrected chi connectivity index (χ4v) is 1.28. The number of nitrogens with zero attached hydrogens (tertiary/aromatic N) is 3. The fraction of sp³-hybridized carbons (Fsp3) is 0.125. The molecule has 0 aliphatic rings. The Hall–Kier alpha value is -1.49. The molecule has 0 amide bonds. The van der Waals surface area contributed by atoms with E-state index in [9.17, 15) is 0 Å². The summed E-state index contributed by atoms with van der Waals surface area (Å²) in [5.74, 6) is 1.44. The first-order valence-corrected chi connectivity index (χ1v) is 4.57. The molecule has 13 heavy (non-hydrogen) atoms. The number of ether oxygens (including phenoxy) is 1. The highest BCUT2D eigenvalue weighted by Crippen LogP contribution is 2.12. The molecule has 2 aromatic heterocycles. The van der Waals surface area contributed by atoms with Crippen LogP contribution in [0.25, 0.3) is 0 Å². The molecule has 0 spiro atoms. The molecule has 0 unspecified atom stereocenters. The van der Waals surface area contributed by atoms with Gasteiger partial charge in [-0.2, -0.15) is 4.37 Å². The summed E-state index contributed by atoms with van der Waals surface area (Å²) in [6, 6.07) is 1.77. The van der Waals surface area contributed by atoms with Crippen LogP contribution >= 0.6 is 11.5 Å². The highest BCUT2D eigenvalue weighted by Gasteiger charge is 1.97. The molecule has 2 rings (SSSR count). The highest BCUT2D eigenvalue weighted by atomic mass is 32.1. The van der Waals surface area contributed by atoms with E-state index in [2.05, 4.69) is 14.3 Å². The van der Waals surface area contributed by atoms with E-state index in [-0.39, 0.29) is 0 Å². The molecule has 2 aromatic rings. The second-order valence-corrected chi connectivity index (χ2v) is 2.97. The van der Waals surface area contributed by atoms with Gasteiger partial charge in [0.15, 0.2) is 11.6 Å². The van der Waals surface area contributed by atoms with E-state index in [1.165, 1.54) is 11.5 Å². The molecular formula is C8H7N3OS. The van der Waals surface area contributed by atoms with Crippen molar-refractivity contribution in [3.63, 3.8) is 0 Å². The molecule has 4 nitrogen and oxygen atoms in total. The Morgan fingerprint density at radius 3 is 2.85 bits per heavy atom. The van der Waals surface area contributed by atoms with Crippen LogP contribution in [-0.4, -0.2) is 14.3 Å². The van der Waals surface area contributed by atoms with Crippen molar-refractivity contribution in [1.82, 2.24) is 14.3 Å². The zero-order valence-corrected chi connectivity index (χ0v) is 7.57. The van der Waals surface area contributed by atoms with Gasteiger partial charge in [0.1, 0.15) is 6.61 Å². The van der Waals surface area contributed by atoms with E-state index in [0.29, 0.717) is 12.4 Å². The molecule has 2 heterocycles. The monoisotopic (exact) mass is 193 g/mol. The molecule has 0 fully saturated rings. The van der Waals surface area contributed by atoms with Gasteiger partial charge in [0, 0.05) is 12.4 Å². The lowest BCUT2D eigenvalue weighted by molar-refractivity contribution is 0.296. The molecule has 0 saturated heterocycles. The van der Waals surface area contributed by atoms with Crippen LogP contribution in [0.2, 0.25) is 0 Å². The van der Waals surface area contributed by atoms with Crippen LogP contribution in [0.1, 0.15) is 5.82 Å². The van der Waals surface area contributed by atoms with E-state index < -0.39 is 0 Å². The number of rotatable bonds is 3. The Bertz CT molecular complexity index is 349. The molecule has 0 aromatic carbocycles. The first-order chi connectivity index (χ1) is 6.45. The van der Waals surface area contributed by atoms with E-state index in [1.807, 2.05) is 5.38 Å². The van der Waals surface area contributed by atoms with Crippen molar-refractivity contribution < 1.29 is 4.74 Å². The molecular weight excluding hydrogens is 186 g/mol. The third-order valence-electron chi connectivity index (χ3n) is 1.40. The zero-order chi connectivity index (χ0) is 8.93. The van der Waals surface area contributed by atoms with Gasteiger partial charge in [-0.1, -0.05) is 0 Å². The first-order valence-electron chi connectivity index (χ1n) is 3.73. The molecule has 66 valence electrons. The van der Waals surface area contributed by atoms with Gasteiger partial charge < -0.3 is 4.74 Å². The van der Waals surface area contributed by atoms with E-state index >= 15 is 0 Å². The molecule has 5 heteroatoms. The minimum atomic E-state index is 0.388. The van der Waals surface area contributed by atoms with Gasteiger partial charge in [0.25, 0.3) is 0 Å². The van der Waals surface area contributed by atoms with E-state index in [4.69, 9.17) is 4.74 Å². The summed E-state index contributed by atoms with van der Waals surface area (Å²) >= 11 is 1.36. The average Bonchev–Trinajstić information content (AvgIpc) is 2.69. The lowest BCUT2D eigenvalue weighted by Crippen LogP contribution is -1.99. The maximum absolute atomic E-state index is 5.35. The maximum Gasteiger partial charge on any atom is 0.166 e. The Morgan fingerprint density at radius 2 is 2.15 bits per heavy atom. The average molecular weight is 193 g/mol. The van der Waals surface area contributed by atoms with Crippen molar-refractivity contribution in [2.45, 2.75) is 6.61 Å². The Morgan fingerprint density at radius 1 is 1.31 bits per heavy atom. The lowest BCUT2D eigenvalue weighted by atomic mass is 10.6. The van der Waals surface area contributed by atoms with Crippen molar-refractivity contribution >= 4 is 11.5 Å². The van der Waals surface area contributed by atoms with Gasteiger partial charge in [-0.05, 0) is 17.6 Å². The summed E-state index contributed by atoms with van der Waals surface area (Å²) < 4.78 is 9.27. The van der Waals surface area contributed by atoms with Crippen molar-refractivity contribution in [1.29, 1.82) is 0 Å². The van der Waals surface area contributed by atoms with Crippen LogP contribution in [0.15, 0.2) is 30.0 Å². The van der Waals surface area contributed by atoms with Crippen LogP contribution in [-0.2, 0) is 6.61 Å². The topological polar surface area (TPSA) is 47.9 Å². The summed E-state index contributed by atoms with van der Waals surface area (Å²) in [4.78, 5) is 8.05. The summed E-state index contributed by atoms with van der Waals surface area (Å²) in [7, 11) is 0. The predicted octanol–water partition coefficient (Wildman–Crippen LogP) is 1.51. The highest BCUT2D eigenvalue weighted by molar-refractivity contribution is 7.03. The van der Waals surface area contributed by atoms with Gasteiger partial charge in [0.2, 0.25) is 0 Å². The normalized spacial score (nSPS) is 9.85. The van der Waals surface area contributed by atoms with Crippen LogP contribution in [0.4, 0.5) is 0 Å². The van der Waals surface area contributed by atoms with Gasteiger partial charge in [-0.25, -0.2) is 9.97 Å².